The SMILES string of the molecule is C=CCn1c(=O)c2ccccc2n2c(SCC(=O)Nc3ccccc3Cc3ccccc3)nnc12. The number of nitrogens with zero attached hydrogens (tertiary/aromatic N) is 4. The number of carbonyl (C=O) groups is 1. The van der Waals surface area contributed by atoms with Crippen molar-refractivity contribution >= 4 is 40.0 Å². The van der Waals surface area contributed by atoms with E-state index in [9.17, 15) is 9.59 Å². The second kappa shape index (κ2) is 9.99. The molecule has 7 nitrogen and oxygen atoms in total. The molecule has 0 unspecified atom stereocenters. The van der Waals surface area contributed by atoms with Crippen LogP contribution in [0.4, 0.5) is 5.69 Å². The molecule has 0 fully saturated rings. The minimum absolute atomic E-state index is 0.143. The maximum Gasteiger partial charge on any atom is 0.263 e. The van der Waals surface area contributed by atoms with Gasteiger partial charge in [0.1, 0.15) is 0 Å². The molecule has 0 radical (unpaired) electrons. The summed E-state index contributed by atoms with van der Waals surface area (Å²) in [5.74, 6) is 0.427. The molecule has 0 atom stereocenters. The predicted molar refractivity (Wildman–Crippen MR) is 140 cm³/mol. The summed E-state index contributed by atoms with van der Waals surface area (Å²) in [6, 6.07) is 25.3. The van der Waals surface area contributed by atoms with Crippen molar-refractivity contribution in [2.24, 2.45) is 0 Å². The monoisotopic (exact) mass is 481 g/mol. The van der Waals surface area contributed by atoms with E-state index in [1.54, 1.807) is 12.1 Å². The number of benzene rings is 3. The van der Waals surface area contributed by atoms with Crippen LogP contribution < -0.4 is 10.9 Å². The van der Waals surface area contributed by atoms with Crippen LogP contribution in [0.3, 0.4) is 0 Å². The molecule has 5 rings (SSSR count). The molecule has 0 aliphatic rings. The minimum Gasteiger partial charge on any atom is -0.325 e. The highest BCUT2D eigenvalue weighted by atomic mass is 32.2. The van der Waals surface area contributed by atoms with Gasteiger partial charge in [-0.3, -0.25) is 18.6 Å². The molecule has 0 aliphatic carbocycles. The molecule has 1 amide bonds. The summed E-state index contributed by atoms with van der Waals surface area (Å²) >= 11 is 1.28. The number of rotatable bonds is 8. The Labute approximate surface area is 206 Å². The number of nitrogens with one attached hydrogen (secondary N) is 1. The highest BCUT2D eigenvalue weighted by Crippen LogP contribution is 2.23. The number of thioether (sulfide) groups is 1. The number of allylic oxidation sites excluding steroid dienone is 1. The molecule has 35 heavy (non-hydrogen) atoms. The number of hydrogen-bond donors (Lipinski definition) is 1. The summed E-state index contributed by atoms with van der Waals surface area (Å²) in [5.41, 5.74) is 3.57. The Bertz CT molecular complexity index is 1590. The van der Waals surface area contributed by atoms with E-state index in [1.165, 1.54) is 21.9 Å². The van der Waals surface area contributed by atoms with Gasteiger partial charge in [-0.15, -0.1) is 16.8 Å². The van der Waals surface area contributed by atoms with Gasteiger partial charge in [-0.1, -0.05) is 78.5 Å². The Hall–Kier alpha value is -4.17. The van der Waals surface area contributed by atoms with Crippen molar-refractivity contribution in [1.82, 2.24) is 19.2 Å². The van der Waals surface area contributed by atoms with Crippen molar-refractivity contribution in [3.05, 3.63) is 113 Å². The summed E-state index contributed by atoms with van der Waals surface area (Å²) in [7, 11) is 0. The Morgan fingerprint density at radius 3 is 2.54 bits per heavy atom. The van der Waals surface area contributed by atoms with Crippen LogP contribution in [-0.4, -0.2) is 30.8 Å². The molecule has 0 aliphatic heterocycles. The molecular weight excluding hydrogens is 458 g/mol. The standard InChI is InChI=1S/C27H23N5O2S/c1-2-16-31-25(34)21-13-7-9-15-23(21)32-26(31)29-30-27(32)35-18-24(33)28-22-14-8-6-12-20(22)17-19-10-4-3-5-11-19/h2-15H,1,16-18H2,(H,28,33). The van der Waals surface area contributed by atoms with Gasteiger partial charge in [0.25, 0.3) is 5.56 Å². The average molecular weight is 482 g/mol. The highest BCUT2D eigenvalue weighted by molar-refractivity contribution is 7.99. The van der Waals surface area contributed by atoms with E-state index in [-0.39, 0.29) is 17.2 Å². The molecule has 3 aromatic carbocycles. The zero-order valence-electron chi connectivity index (χ0n) is 18.9. The summed E-state index contributed by atoms with van der Waals surface area (Å²) in [4.78, 5) is 25.8. The van der Waals surface area contributed by atoms with Crippen LogP contribution in [0.1, 0.15) is 11.1 Å². The minimum atomic E-state index is -0.148. The van der Waals surface area contributed by atoms with Crippen LogP contribution in [0.25, 0.3) is 16.7 Å². The zero-order valence-corrected chi connectivity index (χ0v) is 19.7. The van der Waals surface area contributed by atoms with Crippen molar-refractivity contribution in [3.63, 3.8) is 0 Å². The quantitative estimate of drug-likeness (QED) is 0.260. The summed E-state index contributed by atoms with van der Waals surface area (Å²) in [6.07, 6.45) is 2.38. The van der Waals surface area contributed by atoms with Crippen LogP contribution in [0.5, 0.6) is 0 Å². The third-order valence-electron chi connectivity index (χ3n) is 5.65. The van der Waals surface area contributed by atoms with Crippen molar-refractivity contribution in [1.29, 1.82) is 0 Å². The van der Waals surface area contributed by atoms with Crippen LogP contribution in [0, 0.1) is 0 Å². The Kier molecular flexibility index (Phi) is 6.45. The molecule has 0 saturated heterocycles. The van der Waals surface area contributed by atoms with E-state index in [4.69, 9.17) is 0 Å². The van der Waals surface area contributed by atoms with Gasteiger partial charge in [-0.2, -0.15) is 0 Å². The molecule has 1 N–H and O–H groups in total. The number of fused-ring (bicyclic) bond motifs is 3. The Morgan fingerprint density at radius 1 is 0.971 bits per heavy atom. The predicted octanol–water partition coefficient (Wildman–Crippen LogP) is 4.55. The van der Waals surface area contributed by atoms with Gasteiger partial charge in [0.15, 0.2) is 5.16 Å². The highest BCUT2D eigenvalue weighted by Gasteiger charge is 2.17. The number of carbonyl (C=O) groups excluding carboxylic acids is 1. The Balaban J connectivity index is 1.39. The molecule has 5 aromatic rings. The van der Waals surface area contributed by atoms with E-state index in [0.717, 1.165) is 17.7 Å². The van der Waals surface area contributed by atoms with Crippen LogP contribution in [0.2, 0.25) is 0 Å². The van der Waals surface area contributed by atoms with Gasteiger partial charge >= 0.3 is 0 Å². The maximum atomic E-state index is 12.9. The first-order valence-corrected chi connectivity index (χ1v) is 12.2. The first kappa shape index (κ1) is 22.6. The van der Waals surface area contributed by atoms with Crippen LogP contribution in [-0.2, 0) is 17.8 Å². The molecule has 174 valence electrons. The topological polar surface area (TPSA) is 81.3 Å². The van der Waals surface area contributed by atoms with Gasteiger partial charge in [0.2, 0.25) is 11.7 Å². The second-order valence-corrected chi connectivity index (χ2v) is 8.94. The lowest BCUT2D eigenvalue weighted by Crippen LogP contribution is -2.22. The van der Waals surface area contributed by atoms with Crippen LogP contribution >= 0.6 is 11.8 Å². The average Bonchev–Trinajstić information content (AvgIpc) is 3.31. The van der Waals surface area contributed by atoms with Gasteiger partial charge in [-0.05, 0) is 35.7 Å². The first-order valence-electron chi connectivity index (χ1n) is 11.2. The van der Waals surface area contributed by atoms with Crippen molar-refractivity contribution in [2.45, 2.75) is 18.1 Å². The smallest absolute Gasteiger partial charge is 0.263 e. The molecule has 8 heteroatoms. The summed E-state index contributed by atoms with van der Waals surface area (Å²) in [5, 5.41) is 12.7. The van der Waals surface area contributed by atoms with E-state index in [2.05, 4.69) is 34.2 Å². The second-order valence-electron chi connectivity index (χ2n) is 8.00. The molecule has 2 aromatic heterocycles. The van der Waals surface area contributed by atoms with Gasteiger partial charge in [-0.25, -0.2) is 0 Å². The van der Waals surface area contributed by atoms with Gasteiger partial charge in [0.05, 0.1) is 16.7 Å². The summed E-state index contributed by atoms with van der Waals surface area (Å²) in [6.45, 7) is 4.06. The van der Waals surface area contributed by atoms with E-state index >= 15 is 0 Å². The van der Waals surface area contributed by atoms with Crippen LogP contribution in [0.15, 0.2) is 101 Å². The van der Waals surface area contributed by atoms with E-state index in [1.807, 2.05) is 65.1 Å². The fourth-order valence-corrected chi connectivity index (χ4v) is 4.79. The number of anilines is 1. The lowest BCUT2D eigenvalue weighted by Gasteiger charge is -2.11. The molecule has 0 spiro atoms. The molecule has 0 bridgehead atoms. The lowest BCUT2D eigenvalue weighted by atomic mass is 10.0. The largest absolute Gasteiger partial charge is 0.325 e. The summed E-state index contributed by atoms with van der Waals surface area (Å²) < 4.78 is 3.35. The maximum absolute atomic E-state index is 12.9. The fourth-order valence-electron chi connectivity index (χ4n) is 4.05. The Morgan fingerprint density at radius 2 is 1.71 bits per heavy atom. The van der Waals surface area contributed by atoms with E-state index < -0.39 is 0 Å². The third-order valence-corrected chi connectivity index (χ3v) is 6.58. The number of aromatic nitrogens is 4. The molecule has 2 heterocycles. The fraction of sp³-hybridized carbons (Fsp3) is 0.111. The molecule has 0 saturated carbocycles. The van der Waals surface area contributed by atoms with E-state index in [0.29, 0.717) is 28.4 Å². The van der Waals surface area contributed by atoms with Crippen molar-refractivity contribution in [3.8, 4) is 0 Å². The number of hydrogen-bond acceptors (Lipinski definition) is 5. The number of para-hydroxylation sites is 2. The molecular formula is C27H23N5O2S. The van der Waals surface area contributed by atoms with Gasteiger partial charge in [0, 0.05) is 12.2 Å². The third kappa shape index (κ3) is 4.61. The first-order chi connectivity index (χ1) is 17.2. The zero-order chi connectivity index (χ0) is 24.2. The number of amides is 1. The normalized spacial score (nSPS) is 11.1. The van der Waals surface area contributed by atoms with Crippen molar-refractivity contribution in [2.75, 3.05) is 11.1 Å². The van der Waals surface area contributed by atoms with Crippen molar-refractivity contribution < 1.29 is 4.79 Å². The lowest BCUT2D eigenvalue weighted by molar-refractivity contribution is -0.113. The van der Waals surface area contributed by atoms with Gasteiger partial charge < -0.3 is 5.32 Å².